The average molecular weight is 264 g/mol. The molecule has 19 heavy (non-hydrogen) atoms. The number of nitrogens with one attached hydrogen (secondary N) is 1. The third-order valence-electron chi connectivity index (χ3n) is 2.88. The van der Waals surface area contributed by atoms with Crippen molar-refractivity contribution in [2.75, 3.05) is 0 Å². The van der Waals surface area contributed by atoms with Crippen LogP contribution in [0.3, 0.4) is 0 Å². The second-order valence-corrected chi connectivity index (χ2v) is 5.53. The summed E-state index contributed by atoms with van der Waals surface area (Å²) in [5, 5.41) is 11.7. The maximum absolute atomic E-state index is 12.0. The molecule has 0 saturated heterocycles. The van der Waals surface area contributed by atoms with Gasteiger partial charge in [-0.05, 0) is 11.0 Å². The van der Waals surface area contributed by atoms with Gasteiger partial charge < -0.3 is 16.2 Å². The van der Waals surface area contributed by atoms with Gasteiger partial charge >= 0.3 is 5.97 Å². The molecule has 1 unspecified atom stereocenters. The highest BCUT2D eigenvalue weighted by atomic mass is 16.4. The number of carboxylic acid groups (broad SMARTS) is 1. The third-order valence-corrected chi connectivity index (χ3v) is 2.88. The van der Waals surface area contributed by atoms with E-state index in [9.17, 15) is 14.7 Å². The first-order chi connectivity index (χ1) is 8.73. The highest BCUT2D eigenvalue weighted by Crippen LogP contribution is 2.19. The van der Waals surface area contributed by atoms with Crippen LogP contribution in [0.1, 0.15) is 32.4 Å². The Morgan fingerprint density at radius 3 is 2.16 bits per heavy atom. The van der Waals surface area contributed by atoms with Crippen LogP contribution < -0.4 is 11.1 Å². The molecule has 0 fully saturated rings. The fourth-order valence-electron chi connectivity index (χ4n) is 1.56. The van der Waals surface area contributed by atoms with Gasteiger partial charge in [-0.3, -0.25) is 4.79 Å². The summed E-state index contributed by atoms with van der Waals surface area (Å²) in [7, 11) is 0. The van der Waals surface area contributed by atoms with Crippen LogP contribution in [-0.4, -0.2) is 23.0 Å². The predicted octanol–water partition coefficient (Wildman–Crippen LogP) is 1.30. The lowest BCUT2D eigenvalue weighted by molar-refractivity contribution is -0.142. The van der Waals surface area contributed by atoms with Gasteiger partial charge in [0.2, 0.25) is 5.91 Å². The number of benzene rings is 1. The first-order valence-corrected chi connectivity index (χ1v) is 6.07. The largest absolute Gasteiger partial charge is 0.479 e. The lowest BCUT2D eigenvalue weighted by atomic mass is 9.86. The Labute approximate surface area is 112 Å². The van der Waals surface area contributed by atoms with Gasteiger partial charge in [0.1, 0.15) is 0 Å². The molecule has 0 aliphatic rings. The van der Waals surface area contributed by atoms with E-state index in [0.717, 1.165) is 0 Å². The van der Waals surface area contributed by atoms with Crippen molar-refractivity contribution in [3.63, 3.8) is 0 Å². The van der Waals surface area contributed by atoms with Crippen molar-refractivity contribution in [2.45, 2.75) is 32.9 Å². The zero-order valence-electron chi connectivity index (χ0n) is 11.4. The highest BCUT2D eigenvalue weighted by Gasteiger charge is 2.31. The normalized spacial score (nSPS) is 14.5. The zero-order valence-corrected chi connectivity index (χ0v) is 11.4. The summed E-state index contributed by atoms with van der Waals surface area (Å²) in [6, 6.07) is 6.69. The van der Waals surface area contributed by atoms with E-state index in [1.807, 2.05) is 20.8 Å². The van der Waals surface area contributed by atoms with E-state index in [-0.39, 0.29) is 0 Å². The quantitative estimate of drug-likeness (QED) is 0.764. The molecule has 5 nitrogen and oxygen atoms in total. The Morgan fingerprint density at radius 2 is 1.74 bits per heavy atom. The van der Waals surface area contributed by atoms with Crippen molar-refractivity contribution < 1.29 is 14.7 Å². The molecule has 1 aromatic carbocycles. The number of nitrogens with two attached hydrogens (primary N) is 1. The van der Waals surface area contributed by atoms with E-state index in [1.54, 1.807) is 30.3 Å². The fraction of sp³-hybridized carbons (Fsp3) is 0.429. The molecule has 0 aliphatic carbocycles. The second-order valence-electron chi connectivity index (χ2n) is 5.53. The number of aliphatic carboxylic acids is 1. The minimum absolute atomic E-state index is 0.427. The van der Waals surface area contributed by atoms with Crippen LogP contribution in [0, 0.1) is 5.41 Å². The smallest absolute Gasteiger partial charge is 0.330 e. The van der Waals surface area contributed by atoms with Gasteiger partial charge in [0.05, 0.1) is 6.04 Å². The Balaban J connectivity index is 2.87. The van der Waals surface area contributed by atoms with Gasteiger partial charge in [-0.2, -0.15) is 0 Å². The molecule has 4 N–H and O–H groups in total. The van der Waals surface area contributed by atoms with Crippen LogP contribution in [0.25, 0.3) is 0 Å². The van der Waals surface area contributed by atoms with Gasteiger partial charge in [0, 0.05) is 0 Å². The predicted molar refractivity (Wildman–Crippen MR) is 72.4 cm³/mol. The van der Waals surface area contributed by atoms with E-state index < -0.39 is 29.4 Å². The van der Waals surface area contributed by atoms with E-state index in [1.165, 1.54) is 0 Å². The average Bonchev–Trinajstić information content (AvgIpc) is 2.34. The molecular weight excluding hydrogens is 244 g/mol. The van der Waals surface area contributed by atoms with Crippen LogP contribution in [0.15, 0.2) is 30.3 Å². The summed E-state index contributed by atoms with van der Waals surface area (Å²) in [6.07, 6.45) is 0. The van der Waals surface area contributed by atoms with Crippen molar-refractivity contribution in [1.29, 1.82) is 0 Å². The number of hydrogen-bond acceptors (Lipinski definition) is 3. The first kappa shape index (κ1) is 15.2. The van der Waals surface area contributed by atoms with E-state index in [4.69, 9.17) is 5.73 Å². The lowest BCUT2D eigenvalue weighted by Gasteiger charge is -2.27. The number of amides is 1. The number of hydrogen-bond donors (Lipinski definition) is 3. The molecule has 1 aromatic rings. The van der Waals surface area contributed by atoms with Gasteiger partial charge in [0.15, 0.2) is 6.04 Å². The number of rotatable bonds is 4. The van der Waals surface area contributed by atoms with Gasteiger partial charge in [-0.25, -0.2) is 4.79 Å². The molecule has 0 bridgehead atoms. The zero-order chi connectivity index (χ0) is 14.6. The molecule has 1 amide bonds. The van der Waals surface area contributed by atoms with Crippen LogP contribution in [0.5, 0.6) is 0 Å². The van der Waals surface area contributed by atoms with Gasteiger partial charge in [0.25, 0.3) is 0 Å². The van der Waals surface area contributed by atoms with E-state index in [2.05, 4.69) is 5.32 Å². The Morgan fingerprint density at radius 1 is 1.21 bits per heavy atom. The first-order valence-electron chi connectivity index (χ1n) is 6.07. The van der Waals surface area contributed by atoms with Crippen molar-refractivity contribution >= 4 is 11.9 Å². The minimum atomic E-state index is -1.11. The van der Waals surface area contributed by atoms with Crippen LogP contribution in [0.4, 0.5) is 0 Å². The van der Waals surface area contributed by atoms with Gasteiger partial charge in [-0.15, -0.1) is 0 Å². The highest BCUT2D eigenvalue weighted by molar-refractivity contribution is 5.87. The van der Waals surface area contributed by atoms with Crippen LogP contribution in [0.2, 0.25) is 0 Å². The number of carboxylic acids is 1. The lowest BCUT2D eigenvalue weighted by Crippen LogP contribution is -2.50. The van der Waals surface area contributed by atoms with Gasteiger partial charge in [-0.1, -0.05) is 51.1 Å². The molecule has 0 radical (unpaired) electrons. The van der Waals surface area contributed by atoms with Crippen LogP contribution >= 0.6 is 0 Å². The fourth-order valence-corrected chi connectivity index (χ4v) is 1.56. The summed E-state index contributed by atoms with van der Waals surface area (Å²) >= 11 is 0. The second kappa shape index (κ2) is 5.84. The topological polar surface area (TPSA) is 92.4 Å². The molecule has 0 spiro atoms. The molecular formula is C14H20N2O3. The number of carbonyl (C=O) groups is 2. The monoisotopic (exact) mass is 264 g/mol. The van der Waals surface area contributed by atoms with Crippen molar-refractivity contribution in [3.05, 3.63) is 35.9 Å². The molecule has 5 heteroatoms. The van der Waals surface area contributed by atoms with E-state index in [0.29, 0.717) is 5.56 Å². The Hall–Kier alpha value is -1.88. The maximum atomic E-state index is 12.0. The van der Waals surface area contributed by atoms with E-state index >= 15 is 0 Å². The molecule has 0 aromatic heterocycles. The minimum Gasteiger partial charge on any atom is -0.479 e. The third kappa shape index (κ3) is 4.06. The molecule has 0 heterocycles. The number of carbonyl (C=O) groups excluding carboxylic acids is 1. The summed E-state index contributed by atoms with van der Waals surface area (Å²) in [5.74, 6) is -1.58. The van der Waals surface area contributed by atoms with Crippen molar-refractivity contribution in [3.8, 4) is 0 Å². The van der Waals surface area contributed by atoms with Crippen LogP contribution in [-0.2, 0) is 9.59 Å². The molecule has 1 rings (SSSR count). The van der Waals surface area contributed by atoms with Crippen molar-refractivity contribution in [2.24, 2.45) is 11.1 Å². The molecule has 0 saturated carbocycles. The standard InChI is InChI=1S/C14H20N2O3/c1-14(2,3)11(15)12(17)16-10(13(18)19)9-7-5-4-6-8-9/h4-8,10-11H,15H2,1-3H3,(H,16,17)(H,18,19)/t10?,11-/m0/s1. The maximum Gasteiger partial charge on any atom is 0.330 e. The molecule has 104 valence electrons. The summed E-state index contributed by atoms with van der Waals surface area (Å²) < 4.78 is 0. The summed E-state index contributed by atoms with van der Waals surface area (Å²) in [5.41, 5.74) is 5.91. The van der Waals surface area contributed by atoms with Crippen molar-refractivity contribution in [1.82, 2.24) is 5.32 Å². The Kier molecular flexibility index (Phi) is 4.67. The summed E-state index contributed by atoms with van der Waals surface area (Å²) in [4.78, 5) is 23.2. The molecule has 2 atom stereocenters. The SMILES string of the molecule is CC(C)(C)[C@@H](N)C(=O)NC(C(=O)O)c1ccccc1. The summed E-state index contributed by atoms with van der Waals surface area (Å²) in [6.45, 7) is 5.49. The Bertz CT molecular complexity index is 452. The molecule has 0 aliphatic heterocycles.